The molecule has 21 heavy (non-hydrogen) atoms. The SMILES string of the molecule is Cc1cccc(CC(Cc2csc3ccccc23)NN)c1. The van der Waals surface area contributed by atoms with E-state index in [1.807, 2.05) is 0 Å². The fourth-order valence-corrected chi connectivity index (χ4v) is 3.75. The Morgan fingerprint density at radius 2 is 1.95 bits per heavy atom. The van der Waals surface area contributed by atoms with Crippen molar-refractivity contribution in [2.24, 2.45) is 5.84 Å². The summed E-state index contributed by atoms with van der Waals surface area (Å²) >= 11 is 1.81. The van der Waals surface area contributed by atoms with Crippen molar-refractivity contribution >= 4 is 21.4 Å². The number of hydrogen-bond acceptors (Lipinski definition) is 3. The van der Waals surface area contributed by atoms with Crippen LogP contribution in [0.25, 0.3) is 10.1 Å². The number of nitrogens with two attached hydrogens (primary N) is 1. The van der Waals surface area contributed by atoms with Crippen LogP contribution in [0.15, 0.2) is 53.9 Å². The minimum Gasteiger partial charge on any atom is -0.271 e. The molecule has 108 valence electrons. The van der Waals surface area contributed by atoms with E-state index in [1.165, 1.54) is 26.8 Å². The quantitative estimate of drug-likeness (QED) is 0.555. The highest BCUT2D eigenvalue weighted by Crippen LogP contribution is 2.27. The van der Waals surface area contributed by atoms with Gasteiger partial charge in [-0.25, -0.2) is 0 Å². The lowest BCUT2D eigenvalue weighted by Crippen LogP contribution is -2.38. The van der Waals surface area contributed by atoms with Crippen molar-refractivity contribution in [3.63, 3.8) is 0 Å². The van der Waals surface area contributed by atoms with Gasteiger partial charge in [-0.3, -0.25) is 11.3 Å². The van der Waals surface area contributed by atoms with Crippen LogP contribution in [0, 0.1) is 6.92 Å². The summed E-state index contributed by atoms with van der Waals surface area (Å²) in [5, 5.41) is 3.61. The van der Waals surface area contributed by atoms with Gasteiger partial charge >= 0.3 is 0 Å². The predicted molar refractivity (Wildman–Crippen MR) is 91.5 cm³/mol. The summed E-state index contributed by atoms with van der Waals surface area (Å²) in [5.41, 5.74) is 6.98. The van der Waals surface area contributed by atoms with Crippen molar-refractivity contribution in [2.75, 3.05) is 0 Å². The number of nitrogens with one attached hydrogen (secondary N) is 1. The van der Waals surface area contributed by atoms with Gasteiger partial charge in [0.2, 0.25) is 0 Å². The molecule has 2 nitrogen and oxygen atoms in total. The molecule has 1 unspecified atom stereocenters. The highest BCUT2D eigenvalue weighted by Gasteiger charge is 2.12. The van der Waals surface area contributed by atoms with Gasteiger partial charge in [0.15, 0.2) is 0 Å². The predicted octanol–water partition coefficient (Wildman–Crippen LogP) is 3.83. The minimum absolute atomic E-state index is 0.254. The Labute approximate surface area is 129 Å². The molecule has 0 saturated carbocycles. The highest BCUT2D eigenvalue weighted by molar-refractivity contribution is 7.17. The zero-order chi connectivity index (χ0) is 14.7. The van der Waals surface area contributed by atoms with Gasteiger partial charge in [-0.05, 0) is 47.7 Å². The second-order valence-corrected chi connectivity index (χ2v) is 6.43. The first-order valence-electron chi connectivity index (χ1n) is 7.23. The molecule has 1 heterocycles. The Kier molecular flexibility index (Phi) is 4.34. The van der Waals surface area contributed by atoms with Gasteiger partial charge in [-0.2, -0.15) is 0 Å². The molecule has 0 fully saturated rings. The number of benzene rings is 2. The number of hydrogen-bond donors (Lipinski definition) is 2. The standard InChI is InChI=1S/C18H20N2S/c1-13-5-4-6-14(9-13)10-16(20-19)11-15-12-21-18-8-3-2-7-17(15)18/h2-9,12,16,20H,10-11,19H2,1H3. The second kappa shape index (κ2) is 6.39. The Balaban J connectivity index is 1.78. The van der Waals surface area contributed by atoms with Gasteiger partial charge in [0.05, 0.1) is 0 Å². The number of aryl methyl sites for hydroxylation is 1. The fourth-order valence-electron chi connectivity index (χ4n) is 2.77. The van der Waals surface area contributed by atoms with E-state index < -0.39 is 0 Å². The van der Waals surface area contributed by atoms with Crippen molar-refractivity contribution in [2.45, 2.75) is 25.8 Å². The van der Waals surface area contributed by atoms with E-state index in [2.05, 4.69) is 66.3 Å². The average molecular weight is 296 g/mol. The molecule has 0 saturated heterocycles. The Morgan fingerprint density at radius 1 is 1.10 bits per heavy atom. The van der Waals surface area contributed by atoms with Crippen LogP contribution in [0.4, 0.5) is 0 Å². The zero-order valence-electron chi connectivity index (χ0n) is 12.2. The summed E-state index contributed by atoms with van der Waals surface area (Å²) in [7, 11) is 0. The summed E-state index contributed by atoms with van der Waals surface area (Å²) in [6.45, 7) is 2.13. The van der Waals surface area contributed by atoms with Gasteiger partial charge in [0, 0.05) is 10.7 Å². The fraction of sp³-hybridized carbons (Fsp3) is 0.222. The van der Waals surface area contributed by atoms with Crippen molar-refractivity contribution in [1.82, 2.24) is 5.43 Å². The van der Waals surface area contributed by atoms with Crippen molar-refractivity contribution in [3.8, 4) is 0 Å². The van der Waals surface area contributed by atoms with Gasteiger partial charge in [-0.1, -0.05) is 48.0 Å². The molecule has 0 bridgehead atoms. The Morgan fingerprint density at radius 3 is 2.76 bits per heavy atom. The number of fused-ring (bicyclic) bond motifs is 1. The molecule has 2 aromatic carbocycles. The number of rotatable bonds is 5. The van der Waals surface area contributed by atoms with Gasteiger partial charge in [0.1, 0.15) is 0 Å². The van der Waals surface area contributed by atoms with Crippen LogP contribution in [0.2, 0.25) is 0 Å². The first kappa shape index (κ1) is 14.3. The molecule has 0 radical (unpaired) electrons. The van der Waals surface area contributed by atoms with Crippen LogP contribution < -0.4 is 11.3 Å². The van der Waals surface area contributed by atoms with Crippen LogP contribution in [0.5, 0.6) is 0 Å². The third kappa shape index (κ3) is 3.32. The van der Waals surface area contributed by atoms with E-state index in [4.69, 9.17) is 5.84 Å². The van der Waals surface area contributed by atoms with Crippen LogP contribution in [0.1, 0.15) is 16.7 Å². The minimum atomic E-state index is 0.254. The van der Waals surface area contributed by atoms with E-state index in [1.54, 1.807) is 11.3 Å². The van der Waals surface area contributed by atoms with Crippen LogP contribution in [0.3, 0.4) is 0 Å². The lowest BCUT2D eigenvalue weighted by Gasteiger charge is -2.16. The molecule has 3 N–H and O–H groups in total. The molecule has 0 spiro atoms. The summed E-state index contributed by atoms with van der Waals surface area (Å²) in [5.74, 6) is 5.77. The second-order valence-electron chi connectivity index (χ2n) is 5.52. The molecule has 0 aliphatic carbocycles. The van der Waals surface area contributed by atoms with E-state index in [0.29, 0.717) is 0 Å². The van der Waals surface area contributed by atoms with E-state index >= 15 is 0 Å². The molecule has 1 atom stereocenters. The van der Waals surface area contributed by atoms with Crippen molar-refractivity contribution in [1.29, 1.82) is 0 Å². The largest absolute Gasteiger partial charge is 0.271 e. The highest BCUT2D eigenvalue weighted by atomic mass is 32.1. The molecule has 3 rings (SSSR count). The maximum absolute atomic E-state index is 5.77. The maximum Gasteiger partial charge on any atom is 0.0345 e. The molecule has 0 aliphatic heterocycles. The lowest BCUT2D eigenvalue weighted by molar-refractivity contribution is 0.524. The molecule has 1 aromatic heterocycles. The lowest BCUT2D eigenvalue weighted by atomic mass is 9.98. The Bertz CT molecular complexity index is 733. The van der Waals surface area contributed by atoms with Crippen LogP contribution in [-0.2, 0) is 12.8 Å². The summed E-state index contributed by atoms with van der Waals surface area (Å²) in [6, 6.07) is 17.5. The first-order valence-corrected chi connectivity index (χ1v) is 8.11. The zero-order valence-corrected chi connectivity index (χ0v) is 13.0. The van der Waals surface area contributed by atoms with E-state index in [0.717, 1.165) is 12.8 Å². The first-order chi connectivity index (χ1) is 10.3. The van der Waals surface area contributed by atoms with Crippen LogP contribution in [-0.4, -0.2) is 6.04 Å². The monoisotopic (exact) mass is 296 g/mol. The van der Waals surface area contributed by atoms with Crippen molar-refractivity contribution in [3.05, 3.63) is 70.6 Å². The maximum atomic E-state index is 5.77. The third-order valence-corrected chi connectivity index (χ3v) is 4.84. The average Bonchev–Trinajstić information content (AvgIpc) is 2.90. The summed E-state index contributed by atoms with van der Waals surface area (Å²) in [4.78, 5) is 0. The van der Waals surface area contributed by atoms with Crippen molar-refractivity contribution < 1.29 is 0 Å². The smallest absolute Gasteiger partial charge is 0.0345 e. The number of hydrazine groups is 1. The number of thiophene rings is 1. The van der Waals surface area contributed by atoms with E-state index in [9.17, 15) is 0 Å². The molecule has 0 aliphatic rings. The van der Waals surface area contributed by atoms with E-state index in [-0.39, 0.29) is 6.04 Å². The molecular weight excluding hydrogens is 276 g/mol. The topological polar surface area (TPSA) is 38.0 Å². The van der Waals surface area contributed by atoms with Gasteiger partial charge in [0.25, 0.3) is 0 Å². The molecule has 3 heteroatoms. The Hall–Kier alpha value is -1.68. The van der Waals surface area contributed by atoms with Gasteiger partial charge in [-0.15, -0.1) is 11.3 Å². The third-order valence-electron chi connectivity index (χ3n) is 3.83. The van der Waals surface area contributed by atoms with Gasteiger partial charge < -0.3 is 0 Å². The molecule has 3 aromatic rings. The molecule has 0 amide bonds. The summed E-state index contributed by atoms with van der Waals surface area (Å²) in [6.07, 6.45) is 1.90. The summed E-state index contributed by atoms with van der Waals surface area (Å²) < 4.78 is 1.35. The normalized spacial score (nSPS) is 12.7. The van der Waals surface area contributed by atoms with Crippen LogP contribution >= 0.6 is 11.3 Å². The molecular formula is C18H20N2S.